The van der Waals surface area contributed by atoms with Crippen molar-refractivity contribution in [2.75, 3.05) is 52.4 Å². The molecule has 0 saturated carbocycles. The number of hydrogen-bond donors (Lipinski definition) is 1. The Kier molecular flexibility index (Phi) is 8.30. The van der Waals surface area contributed by atoms with Crippen LogP contribution in [-0.4, -0.2) is 84.0 Å². The third-order valence-corrected chi connectivity index (χ3v) is 3.74. The van der Waals surface area contributed by atoms with Crippen LogP contribution in [0.3, 0.4) is 0 Å². The molecule has 6 heteroatoms. The average Bonchev–Trinajstić information content (AvgIpc) is 2.63. The van der Waals surface area contributed by atoms with Gasteiger partial charge in [-0.05, 0) is 25.8 Å². The lowest BCUT2D eigenvalue weighted by molar-refractivity contribution is -0.138. The van der Waals surface area contributed by atoms with Gasteiger partial charge in [0, 0.05) is 32.7 Å². The Bertz CT molecular complexity index is 330. The first-order valence-electron chi connectivity index (χ1n) is 8.01. The first kappa shape index (κ1) is 17.9. The van der Waals surface area contributed by atoms with Crippen LogP contribution in [0.5, 0.6) is 0 Å². The number of aliphatic carboxylic acids is 1. The van der Waals surface area contributed by atoms with Crippen LogP contribution in [0.1, 0.15) is 33.1 Å². The zero-order chi connectivity index (χ0) is 15.7. The average molecular weight is 299 g/mol. The summed E-state index contributed by atoms with van der Waals surface area (Å²) in [5, 5.41) is 8.84. The van der Waals surface area contributed by atoms with Gasteiger partial charge in [0.1, 0.15) is 0 Å². The van der Waals surface area contributed by atoms with Gasteiger partial charge in [-0.1, -0.05) is 13.8 Å². The standard InChI is InChI=1S/C15H29N3O3/c1-3-6-18(7-4-2)14(19)12-16-8-5-9-17(11-10-16)13-15(20)21/h3-13H2,1-2H3,(H,20,21). The molecule has 0 unspecified atom stereocenters. The van der Waals surface area contributed by atoms with Gasteiger partial charge in [-0.2, -0.15) is 0 Å². The Morgan fingerprint density at radius 1 is 0.952 bits per heavy atom. The van der Waals surface area contributed by atoms with E-state index in [-0.39, 0.29) is 12.5 Å². The third kappa shape index (κ3) is 6.91. The van der Waals surface area contributed by atoms with Crippen LogP contribution in [0.4, 0.5) is 0 Å². The van der Waals surface area contributed by atoms with Crippen molar-refractivity contribution < 1.29 is 14.7 Å². The van der Waals surface area contributed by atoms with Gasteiger partial charge in [-0.15, -0.1) is 0 Å². The zero-order valence-corrected chi connectivity index (χ0v) is 13.4. The maximum absolute atomic E-state index is 12.3. The molecule has 1 saturated heterocycles. The van der Waals surface area contributed by atoms with E-state index in [1.807, 2.05) is 9.80 Å². The lowest BCUT2D eigenvalue weighted by Gasteiger charge is -2.26. The van der Waals surface area contributed by atoms with Crippen molar-refractivity contribution in [1.82, 2.24) is 14.7 Å². The van der Waals surface area contributed by atoms with Crippen molar-refractivity contribution in [2.45, 2.75) is 33.1 Å². The smallest absolute Gasteiger partial charge is 0.317 e. The van der Waals surface area contributed by atoms with Crippen molar-refractivity contribution in [3.05, 3.63) is 0 Å². The molecule has 0 aliphatic carbocycles. The third-order valence-electron chi connectivity index (χ3n) is 3.74. The maximum atomic E-state index is 12.3. The summed E-state index contributed by atoms with van der Waals surface area (Å²) in [4.78, 5) is 29.1. The van der Waals surface area contributed by atoms with Gasteiger partial charge in [0.15, 0.2) is 0 Å². The molecular weight excluding hydrogens is 270 g/mol. The summed E-state index contributed by atoms with van der Waals surface area (Å²) >= 11 is 0. The molecule has 1 aliphatic heterocycles. The molecule has 0 aromatic heterocycles. The van der Waals surface area contributed by atoms with E-state index in [2.05, 4.69) is 18.7 Å². The van der Waals surface area contributed by atoms with Gasteiger partial charge >= 0.3 is 5.97 Å². The molecule has 1 heterocycles. The van der Waals surface area contributed by atoms with Gasteiger partial charge in [-0.25, -0.2) is 0 Å². The molecule has 0 radical (unpaired) electrons. The number of carboxylic acids is 1. The summed E-state index contributed by atoms with van der Waals surface area (Å²) in [7, 11) is 0. The summed E-state index contributed by atoms with van der Waals surface area (Å²) in [5.41, 5.74) is 0. The van der Waals surface area contributed by atoms with Crippen molar-refractivity contribution in [2.24, 2.45) is 0 Å². The Hall–Kier alpha value is -1.14. The normalized spacial score (nSPS) is 17.4. The Morgan fingerprint density at radius 3 is 1.95 bits per heavy atom. The van der Waals surface area contributed by atoms with Gasteiger partial charge in [0.05, 0.1) is 13.1 Å². The van der Waals surface area contributed by atoms with Gasteiger partial charge < -0.3 is 10.0 Å². The van der Waals surface area contributed by atoms with E-state index in [1.165, 1.54) is 0 Å². The van der Waals surface area contributed by atoms with Crippen LogP contribution in [-0.2, 0) is 9.59 Å². The summed E-state index contributed by atoms with van der Waals surface area (Å²) in [6, 6.07) is 0. The molecule has 0 bridgehead atoms. The first-order chi connectivity index (χ1) is 10.1. The van der Waals surface area contributed by atoms with Crippen molar-refractivity contribution >= 4 is 11.9 Å². The van der Waals surface area contributed by atoms with E-state index < -0.39 is 5.97 Å². The van der Waals surface area contributed by atoms with E-state index >= 15 is 0 Å². The molecule has 1 N–H and O–H groups in total. The number of rotatable bonds is 8. The highest BCUT2D eigenvalue weighted by molar-refractivity contribution is 5.78. The van der Waals surface area contributed by atoms with E-state index in [4.69, 9.17) is 5.11 Å². The number of nitrogens with zero attached hydrogens (tertiary/aromatic N) is 3. The second-order valence-electron chi connectivity index (χ2n) is 5.68. The second kappa shape index (κ2) is 9.73. The van der Waals surface area contributed by atoms with Gasteiger partial charge in [0.2, 0.25) is 5.91 Å². The molecule has 0 spiro atoms. The first-order valence-corrected chi connectivity index (χ1v) is 8.01. The van der Waals surface area contributed by atoms with E-state index in [0.29, 0.717) is 6.54 Å². The lowest BCUT2D eigenvalue weighted by atomic mass is 10.3. The number of hydrogen-bond acceptors (Lipinski definition) is 4. The second-order valence-corrected chi connectivity index (χ2v) is 5.68. The van der Waals surface area contributed by atoms with Gasteiger partial charge in [-0.3, -0.25) is 19.4 Å². The monoisotopic (exact) mass is 299 g/mol. The Morgan fingerprint density at radius 2 is 1.48 bits per heavy atom. The van der Waals surface area contributed by atoms with E-state index in [1.54, 1.807) is 0 Å². The highest BCUT2D eigenvalue weighted by atomic mass is 16.4. The molecule has 0 aromatic carbocycles. The van der Waals surface area contributed by atoms with Crippen LogP contribution in [0.25, 0.3) is 0 Å². The SMILES string of the molecule is CCCN(CCC)C(=O)CN1CCCN(CC(=O)O)CC1. The van der Waals surface area contributed by atoms with Crippen molar-refractivity contribution in [3.8, 4) is 0 Å². The zero-order valence-electron chi connectivity index (χ0n) is 13.4. The molecule has 21 heavy (non-hydrogen) atoms. The Balaban J connectivity index is 2.43. The van der Waals surface area contributed by atoms with E-state index in [9.17, 15) is 9.59 Å². The largest absolute Gasteiger partial charge is 0.480 e. The predicted molar refractivity (Wildman–Crippen MR) is 82.3 cm³/mol. The van der Waals surface area contributed by atoms with Crippen LogP contribution >= 0.6 is 0 Å². The minimum atomic E-state index is -0.781. The summed E-state index contributed by atoms with van der Waals surface area (Å²) in [6.07, 6.45) is 2.89. The van der Waals surface area contributed by atoms with Gasteiger partial charge in [0.25, 0.3) is 0 Å². The minimum Gasteiger partial charge on any atom is -0.480 e. The molecular formula is C15H29N3O3. The Labute approximate surface area is 127 Å². The number of carbonyl (C=O) groups excluding carboxylic acids is 1. The fraction of sp³-hybridized carbons (Fsp3) is 0.867. The van der Waals surface area contributed by atoms with Crippen molar-refractivity contribution in [3.63, 3.8) is 0 Å². The minimum absolute atomic E-state index is 0.0968. The molecule has 1 rings (SSSR count). The van der Waals surface area contributed by atoms with Crippen LogP contribution in [0, 0.1) is 0 Å². The molecule has 1 aliphatic rings. The summed E-state index contributed by atoms with van der Waals surface area (Å²) in [5.74, 6) is -0.582. The topological polar surface area (TPSA) is 64.1 Å². The maximum Gasteiger partial charge on any atom is 0.317 e. The van der Waals surface area contributed by atoms with Crippen LogP contribution in [0.2, 0.25) is 0 Å². The molecule has 1 amide bonds. The number of amides is 1. The highest BCUT2D eigenvalue weighted by Crippen LogP contribution is 2.05. The number of carbonyl (C=O) groups is 2. The van der Waals surface area contributed by atoms with Crippen molar-refractivity contribution in [1.29, 1.82) is 0 Å². The fourth-order valence-electron chi connectivity index (χ4n) is 2.72. The highest BCUT2D eigenvalue weighted by Gasteiger charge is 2.20. The number of carboxylic acid groups (broad SMARTS) is 1. The predicted octanol–water partition coefficient (Wildman–Crippen LogP) is 0.727. The summed E-state index contributed by atoms with van der Waals surface area (Å²) in [6.45, 7) is 9.54. The van der Waals surface area contributed by atoms with E-state index in [0.717, 1.165) is 58.5 Å². The molecule has 122 valence electrons. The summed E-state index contributed by atoms with van der Waals surface area (Å²) < 4.78 is 0. The molecule has 0 atom stereocenters. The molecule has 0 aromatic rings. The lowest BCUT2D eigenvalue weighted by Crippen LogP contribution is -2.42. The fourth-order valence-corrected chi connectivity index (χ4v) is 2.72. The molecule has 1 fully saturated rings. The van der Waals surface area contributed by atoms with Crippen LogP contribution in [0.15, 0.2) is 0 Å². The van der Waals surface area contributed by atoms with Crippen LogP contribution < -0.4 is 0 Å². The quantitative estimate of drug-likeness (QED) is 0.716. The molecule has 6 nitrogen and oxygen atoms in total.